The van der Waals surface area contributed by atoms with Gasteiger partial charge in [0.2, 0.25) is 0 Å². The second-order valence-electron chi connectivity index (χ2n) is 6.78. The molecule has 3 N–H and O–H groups in total. The van der Waals surface area contributed by atoms with Crippen molar-refractivity contribution in [2.75, 3.05) is 13.2 Å². The minimum atomic E-state index is -0.517. The second-order valence-corrected chi connectivity index (χ2v) is 6.78. The van der Waals surface area contributed by atoms with Crippen LogP contribution in [0.3, 0.4) is 0 Å². The van der Waals surface area contributed by atoms with E-state index in [0.717, 1.165) is 11.1 Å². The number of hydrogen-bond donors (Lipinski definition) is 3. The van der Waals surface area contributed by atoms with Gasteiger partial charge in [-0.25, -0.2) is 4.79 Å². The highest BCUT2D eigenvalue weighted by Crippen LogP contribution is 2.44. The zero-order chi connectivity index (χ0) is 19.5. The first kappa shape index (κ1) is 17.9. The van der Waals surface area contributed by atoms with E-state index in [0.29, 0.717) is 12.0 Å². The molecule has 0 saturated heterocycles. The average molecular weight is 375 g/mol. The normalized spacial score (nSPS) is 12.3. The van der Waals surface area contributed by atoms with Gasteiger partial charge in [-0.05, 0) is 40.8 Å². The van der Waals surface area contributed by atoms with Crippen LogP contribution in [0.25, 0.3) is 11.1 Å². The van der Waals surface area contributed by atoms with Crippen LogP contribution in [0.4, 0.5) is 4.79 Å². The molecule has 142 valence electrons. The summed E-state index contributed by atoms with van der Waals surface area (Å²) in [6.45, 7) is 0.503. The van der Waals surface area contributed by atoms with Crippen LogP contribution < -0.4 is 5.32 Å². The molecule has 0 bridgehead atoms. The maximum atomic E-state index is 12.1. The quantitative estimate of drug-likeness (QED) is 0.625. The number of ether oxygens (including phenoxy) is 1. The lowest BCUT2D eigenvalue weighted by atomic mass is 9.98. The Bertz CT molecular complexity index is 949. The average Bonchev–Trinajstić information content (AvgIpc) is 3.02. The van der Waals surface area contributed by atoms with E-state index in [1.807, 2.05) is 24.3 Å². The first-order valence-corrected chi connectivity index (χ1v) is 9.24. The molecular formula is C23H21NO4. The van der Waals surface area contributed by atoms with Crippen LogP contribution in [0.1, 0.15) is 22.6 Å². The molecule has 0 radical (unpaired) electrons. The SMILES string of the molecule is O=C(NCCc1c(O)cccc1O)OCC1c2ccccc2-c2ccccc21. The summed E-state index contributed by atoms with van der Waals surface area (Å²) in [7, 11) is 0. The van der Waals surface area contributed by atoms with Gasteiger partial charge >= 0.3 is 6.09 Å². The second kappa shape index (κ2) is 7.64. The zero-order valence-corrected chi connectivity index (χ0v) is 15.3. The summed E-state index contributed by atoms with van der Waals surface area (Å²) in [5.41, 5.74) is 5.09. The Kier molecular flexibility index (Phi) is 4.89. The number of fused-ring (bicyclic) bond motifs is 3. The molecule has 0 unspecified atom stereocenters. The van der Waals surface area contributed by atoms with Gasteiger partial charge in [0, 0.05) is 18.0 Å². The van der Waals surface area contributed by atoms with Crippen molar-refractivity contribution in [3.05, 3.63) is 83.4 Å². The van der Waals surface area contributed by atoms with Gasteiger partial charge in [0.1, 0.15) is 18.1 Å². The van der Waals surface area contributed by atoms with Crippen molar-refractivity contribution in [1.82, 2.24) is 5.32 Å². The first-order valence-electron chi connectivity index (χ1n) is 9.24. The lowest BCUT2D eigenvalue weighted by Gasteiger charge is -2.15. The molecule has 0 atom stereocenters. The summed E-state index contributed by atoms with van der Waals surface area (Å²) in [4.78, 5) is 12.1. The Morgan fingerprint density at radius 2 is 1.43 bits per heavy atom. The number of alkyl carbamates (subject to hydrolysis) is 1. The number of carbonyl (C=O) groups excluding carboxylic acids is 1. The molecular weight excluding hydrogens is 354 g/mol. The van der Waals surface area contributed by atoms with Crippen molar-refractivity contribution in [3.8, 4) is 22.6 Å². The smallest absolute Gasteiger partial charge is 0.407 e. The zero-order valence-electron chi connectivity index (χ0n) is 15.3. The molecule has 28 heavy (non-hydrogen) atoms. The standard InChI is InChI=1S/C23H21NO4/c25-21-10-5-11-22(26)19(21)12-13-24-23(27)28-14-20-17-8-3-1-6-15(17)16-7-2-4-9-18(16)20/h1-11,20,25-26H,12-14H2,(H,24,27). The maximum absolute atomic E-state index is 12.1. The lowest BCUT2D eigenvalue weighted by Crippen LogP contribution is -2.28. The number of phenols is 2. The van der Waals surface area contributed by atoms with E-state index in [1.165, 1.54) is 23.3 Å². The van der Waals surface area contributed by atoms with Crippen molar-refractivity contribution >= 4 is 6.09 Å². The molecule has 1 amide bonds. The van der Waals surface area contributed by atoms with Crippen LogP contribution in [0, 0.1) is 0 Å². The Labute approximate surface area is 163 Å². The number of aromatic hydroxyl groups is 2. The van der Waals surface area contributed by atoms with Gasteiger partial charge in [-0.2, -0.15) is 0 Å². The monoisotopic (exact) mass is 375 g/mol. The number of nitrogens with one attached hydrogen (secondary N) is 1. The van der Waals surface area contributed by atoms with Crippen molar-refractivity contribution < 1.29 is 19.7 Å². The fourth-order valence-electron chi connectivity index (χ4n) is 3.76. The molecule has 0 aromatic heterocycles. The molecule has 3 aromatic carbocycles. The predicted molar refractivity (Wildman–Crippen MR) is 107 cm³/mol. The minimum absolute atomic E-state index is 0.00865. The first-order chi connectivity index (χ1) is 13.6. The molecule has 0 saturated carbocycles. The molecule has 1 aliphatic rings. The summed E-state index contributed by atoms with van der Waals surface area (Å²) in [6.07, 6.45) is -0.209. The molecule has 1 aliphatic carbocycles. The van der Waals surface area contributed by atoms with Crippen LogP contribution in [-0.2, 0) is 11.2 Å². The van der Waals surface area contributed by atoms with Crippen molar-refractivity contribution in [2.45, 2.75) is 12.3 Å². The molecule has 3 aromatic rings. The van der Waals surface area contributed by atoms with Crippen molar-refractivity contribution in [2.24, 2.45) is 0 Å². The van der Waals surface area contributed by atoms with E-state index in [9.17, 15) is 15.0 Å². The van der Waals surface area contributed by atoms with E-state index >= 15 is 0 Å². The summed E-state index contributed by atoms with van der Waals surface area (Å²) in [5, 5.41) is 22.2. The fraction of sp³-hybridized carbons (Fsp3) is 0.174. The van der Waals surface area contributed by atoms with E-state index in [4.69, 9.17) is 4.74 Å². The highest BCUT2D eigenvalue weighted by molar-refractivity contribution is 5.79. The highest BCUT2D eigenvalue weighted by atomic mass is 16.5. The van der Waals surface area contributed by atoms with E-state index in [-0.39, 0.29) is 30.6 Å². The van der Waals surface area contributed by atoms with E-state index < -0.39 is 6.09 Å². The summed E-state index contributed by atoms with van der Waals surface area (Å²) in [6, 6.07) is 20.9. The minimum Gasteiger partial charge on any atom is -0.508 e. The molecule has 4 rings (SSSR count). The van der Waals surface area contributed by atoms with E-state index in [1.54, 1.807) is 6.07 Å². The largest absolute Gasteiger partial charge is 0.508 e. The number of benzene rings is 3. The number of phenolic OH excluding ortho intramolecular Hbond substituents is 2. The lowest BCUT2D eigenvalue weighted by molar-refractivity contribution is 0.143. The molecule has 5 heteroatoms. The Morgan fingerprint density at radius 3 is 2.04 bits per heavy atom. The van der Waals surface area contributed by atoms with Crippen molar-refractivity contribution in [3.63, 3.8) is 0 Å². The third-order valence-corrected chi connectivity index (χ3v) is 5.11. The van der Waals surface area contributed by atoms with Crippen molar-refractivity contribution in [1.29, 1.82) is 0 Å². The van der Waals surface area contributed by atoms with Gasteiger partial charge < -0.3 is 20.3 Å². The van der Waals surface area contributed by atoms with Gasteiger partial charge in [0.25, 0.3) is 0 Å². The molecule has 0 fully saturated rings. The molecule has 0 spiro atoms. The Hall–Kier alpha value is -3.47. The third kappa shape index (κ3) is 3.39. The van der Waals surface area contributed by atoms with Crippen LogP contribution in [0.5, 0.6) is 11.5 Å². The third-order valence-electron chi connectivity index (χ3n) is 5.11. The van der Waals surface area contributed by atoms with Gasteiger partial charge in [-0.1, -0.05) is 54.6 Å². The van der Waals surface area contributed by atoms with Crippen LogP contribution in [0.15, 0.2) is 66.7 Å². The Morgan fingerprint density at radius 1 is 0.857 bits per heavy atom. The number of hydrogen-bond acceptors (Lipinski definition) is 4. The summed E-state index contributed by atoms with van der Waals surface area (Å²) < 4.78 is 5.46. The molecule has 0 aliphatic heterocycles. The van der Waals surface area contributed by atoms with Gasteiger partial charge in [-0.3, -0.25) is 0 Å². The number of amides is 1. The number of carbonyl (C=O) groups is 1. The number of rotatable bonds is 5. The van der Waals surface area contributed by atoms with Crippen LogP contribution in [-0.4, -0.2) is 29.5 Å². The fourth-order valence-corrected chi connectivity index (χ4v) is 3.76. The van der Waals surface area contributed by atoms with E-state index in [2.05, 4.69) is 29.6 Å². The van der Waals surface area contributed by atoms with Crippen LogP contribution in [0.2, 0.25) is 0 Å². The molecule has 0 heterocycles. The molecule has 5 nitrogen and oxygen atoms in total. The van der Waals surface area contributed by atoms with Gasteiger partial charge in [0.15, 0.2) is 0 Å². The predicted octanol–water partition coefficient (Wildman–Crippen LogP) is 4.18. The topological polar surface area (TPSA) is 78.8 Å². The van der Waals surface area contributed by atoms with Gasteiger partial charge in [0.05, 0.1) is 0 Å². The Balaban J connectivity index is 1.36. The summed E-state index contributed by atoms with van der Waals surface area (Å²) in [5.74, 6) is 0.0315. The van der Waals surface area contributed by atoms with Gasteiger partial charge in [-0.15, -0.1) is 0 Å². The maximum Gasteiger partial charge on any atom is 0.407 e. The highest BCUT2D eigenvalue weighted by Gasteiger charge is 2.28. The summed E-state index contributed by atoms with van der Waals surface area (Å²) >= 11 is 0. The van der Waals surface area contributed by atoms with Crippen LogP contribution >= 0.6 is 0 Å².